The van der Waals surface area contributed by atoms with Crippen LogP contribution in [-0.2, 0) is 6.42 Å². The highest BCUT2D eigenvalue weighted by Gasteiger charge is 2.07. The minimum absolute atomic E-state index is 0.467. The van der Waals surface area contributed by atoms with Crippen molar-refractivity contribution in [3.05, 3.63) is 11.9 Å². The van der Waals surface area contributed by atoms with Crippen molar-refractivity contribution in [3.8, 4) is 6.07 Å². The third-order valence-corrected chi connectivity index (χ3v) is 2.33. The molecule has 0 saturated heterocycles. The lowest BCUT2D eigenvalue weighted by Crippen LogP contribution is -2.21. The van der Waals surface area contributed by atoms with Crippen LogP contribution in [0.2, 0.25) is 0 Å². The van der Waals surface area contributed by atoms with Gasteiger partial charge in [0.1, 0.15) is 17.5 Å². The molecule has 0 radical (unpaired) electrons. The van der Waals surface area contributed by atoms with Gasteiger partial charge in [0.05, 0.1) is 12.5 Å². The number of nitrogens with two attached hydrogens (primary N) is 1. The zero-order valence-electron chi connectivity index (χ0n) is 10.3. The first kappa shape index (κ1) is 13.2. The number of aryl methyl sites for hydroxylation is 1. The average molecular weight is 234 g/mol. The molecule has 0 amide bonds. The zero-order chi connectivity index (χ0) is 12.7. The Labute approximate surface area is 101 Å². The predicted molar refractivity (Wildman–Crippen MR) is 67.3 cm³/mol. The van der Waals surface area contributed by atoms with E-state index >= 15 is 0 Å². The van der Waals surface area contributed by atoms with Crippen LogP contribution < -0.4 is 16.2 Å². The Kier molecular flexibility index (Phi) is 5.17. The van der Waals surface area contributed by atoms with E-state index in [1.54, 1.807) is 6.07 Å². The van der Waals surface area contributed by atoms with E-state index in [0.29, 0.717) is 18.8 Å². The van der Waals surface area contributed by atoms with Crippen molar-refractivity contribution >= 4 is 11.6 Å². The van der Waals surface area contributed by atoms with Crippen molar-refractivity contribution in [1.82, 2.24) is 9.97 Å². The van der Waals surface area contributed by atoms with Gasteiger partial charge in [0, 0.05) is 26.1 Å². The number of aromatic nitrogens is 2. The van der Waals surface area contributed by atoms with Crippen LogP contribution in [0.15, 0.2) is 6.07 Å². The molecule has 0 atom stereocenters. The molecule has 0 bridgehead atoms. The van der Waals surface area contributed by atoms with Gasteiger partial charge in [0.15, 0.2) is 0 Å². The lowest BCUT2D eigenvalue weighted by Gasteiger charge is -2.17. The van der Waals surface area contributed by atoms with Gasteiger partial charge >= 0.3 is 0 Å². The summed E-state index contributed by atoms with van der Waals surface area (Å²) >= 11 is 0. The van der Waals surface area contributed by atoms with Gasteiger partial charge in [-0.15, -0.1) is 0 Å². The Balaban J connectivity index is 2.89. The number of anilines is 2. The topological polar surface area (TPSA) is 90.9 Å². The van der Waals surface area contributed by atoms with Crippen molar-refractivity contribution in [2.24, 2.45) is 5.84 Å². The van der Waals surface area contributed by atoms with Crippen LogP contribution in [0.5, 0.6) is 0 Å². The summed E-state index contributed by atoms with van der Waals surface area (Å²) in [6, 6.07) is 3.89. The van der Waals surface area contributed by atoms with Gasteiger partial charge in [0.2, 0.25) is 0 Å². The van der Waals surface area contributed by atoms with Crippen LogP contribution in [0.3, 0.4) is 0 Å². The third-order valence-electron chi connectivity index (χ3n) is 2.33. The van der Waals surface area contributed by atoms with E-state index in [0.717, 1.165) is 24.5 Å². The van der Waals surface area contributed by atoms with Crippen LogP contribution in [0.1, 0.15) is 25.6 Å². The van der Waals surface area contributed by atoms with Gasteiger partial charge in [0.25, 0.3) is 0 Å². The largest absolute Gasteiger partial charge is 0.358 e. The molecule has 0 fully saturated rings. The maximum Gasteiger partial charge on any atom is 0.145 e. The van der Waals surface area contributed by atoms with E-state index in [1.165, 1.54) is 0 Å². The molecule has 0 unspecified atom stereocenters. The number of nitriles is 1. The Morgan fingerprint density at radius 1 is 1.53 bits per heavy atom. The van der Waals surface area contributed by atoms with Crippen molar-refractivity contribution in [3.63, 3.8) is 0 Å². The fraction of sp³-hybridized carbons (Fsp3) is 0.545. The Bertz CT molecular complexity index is 397. The van der Waals surface area contributed by atoms with Crippen LogP contribution in [0.25, 0.3) is 0 Å². The number of rotatable bonds is 6. The van der Waals surface area contributed by atoms with Gasteiger partial charge in [-0.1, -0.05) is 6.92 Å². The van der Waals surface area contributed by atoms with E-state index in [-0.39, 0.29) is 0 Å². The van der Waals surface area contributed by atoms with Gasteiger partial charge < -0.3 is 10.3 Å². The molecule has 6 nitrogen and oxygen atoms in total. The minimum atomic E-state index is 0.467. The highest BCUT2D eigenvalue weighted by atomic mass is 15.3. The molecule has 6 heteroatoms. The molecule has 0 aliphatic rings. The van der Waals surface area contributed by atoms with Gasteiger partial charge in [-0.25, -0.2) is 15.8 Å². The number of nitrogens with one attached hydrogen (secondary N) is 1. The van der Waals surface area contributed by atoms with Gasteiger partial charge in [-0.05, 0) is 6.42 Å². The lowest BCUT2D eigenvalue weighted by atomic mass is 10.3. The molecule has 0 saturated carbocycles. The third kappa shape index (κ3) is 3.89. The van der Waals surface area contributed by atoms with E-state index in [9.17, 15) is 0 Å². The highest BCUT2D eigenvalue weighted by Crippen LogP contribution is 2.15. The molecular formula is C11H18N6. The summed E-state index contributed by atoms with van der Waals surface area (Å²) in [5.41, 5.74) is 2.53. The molecule has 92 valence electrons. The second-order valence-corrected chi connectivity index (χ2v) is 3.75. The number of hydrogen-bond donors (Lipinski definition) is 2. The molecule has 0 spiro atoms. The minimum Gasteiger partial charge on any atom is -0.358 e. The van der Waals surface area contributed by atoms with Crippen molar-refractivity contribution in [2.75, 3.05) is 23.9 Å². The summed E-state index contributed by atoms with van der Waals surface area (Å²) in [5.74, 6) is 7.52. The first-order valence-corrected chi connectivity index (χ1v) is 5.64. The molecule has 0 aliphatic heterocycles. The summed E-state index contributed by atoms with van der Waals surface area (Å²) < 4.78 is 0. The number of hydrogen-bond acceptors (Lipinski definition) is 6. The van der Waals surface area contributed by atoms with Crippen LogP contribution >= 0.6 is 0 Å². The van der Waals surface area contributed by atoms with E-state index < -0.39 is 0 Å². The molecule has 1 heterocycles. The van der Waals surface area contributed by atoms with Crippen LogP contribution in [-0.4, -0.2) is 23.6 Å². The second kappa shape index (κ2) is 6.66. The molecule has 0 aromatic carbocycles. The maximum absolute atomic E-state index is 8.56. The maximum atomic E-state index is 8.56. The van der Waals surface area contributed by atoms with Crippen molar-refractivity contribution < 1.29 is 0 Å². The first-order valence-electron chi connectivity index (χ1n) is 5.64. The molecule has 1 aromatic rings. The Hall–Kier alpha value is -1.87. The van der Waals surface area contributed by atoms with Crippen molar-refractivity contribution in [2.45, 2.75) is 26.2 Å². The van der Waals surface area contributed by atoms with Crippen LogP contribution in [0, 0.1) is 11.3 Å². The van der Waals surface area contributed by atoms with E-state index in [4.69, 9.17) is 11.1 Å². The Morgan fingerprint density at radius 2 is 2.29 bits per heavy atom. The number of nitrogen functional groups attached to an aromatic ring is 1. The average Bonchev–Trinajstić information content (AvgIpc) is 2.35. The quantitative estimate of drug-likeness (QED) is 0.565. The molecule has 1 rings (SSSR count). The summed E-state index contributed by atoms with van der Waals surface area (Å²) in [5, 5.41) is 8.56. The van der Waals surface area contributed by atoms with Crippen LogP contribution in [0.4, 0.5) is 11.6 Å². The number of nitrogens with zero attached hydrogens (tertiary/aromatic N) is 4. The zero-order valence-corrected chi connectivity index (χ0v) is 10.3. The Morgan fingerprint density at radius 3 is 2.88 bits per heavy atom. The smallest absolute Gasteiger partial charge is 0.145 e. The lowest BCUT2D eigenvalue weighted by molar-refractivity contribution is 0.812. The predicted octanol–water partition coefficient (Wildman–Crippen LogP) is 1.06. The summed E-state index contributed by atoms with van der Waals surface area (Å²) in [7, 11) is 1.90. The normalized spacial score (nSPS) is 9.76. The summed E-state index contributed by atoms with van der Waals surface area (Å²) in [6.07, 6.45) is 2.26. The molecule has 1 aromatic heterocycles. The molecule has 17 heavy (non-hydrogen) atoms. The van der Waals surface area contributed by atoms with Crippen molar-refractivity contribution in [1.29, 1.82) is 5.26 Å². The fourth-order valence-corrected chi connectivity index (χ4v) is 1.42. The molecule has 0 aliphatic carbocycles. The molecule has 3 N–H and O–H groups in total. The summed E-state index contributed by atoms with van der Waals surface area (Å²) in [6.45, 7) is 2.72. The second-order valence-electron chi connectivity index (χ2n) is 3.75. The SMILES string of the molecule is CCCc1nc(NN)cc(N(C)CCC#N)n1. The van der Waals surface area contributed by atoms with E-state index in [1.807, 2.05) is 11.9 Å². The highest BCUT2D eigenvalue weighted by molar-refractivity contribution is 5.48. The molecular weight excluding hydrogens is 216 g/mol. The fourth-order valence-electron chi connectivity index (χ4n) is 1.42. The standard InChI is InChI=1S/C11H18N6/c1-3-5-9-14-10(16-13)8-11(15-9)17(2)7-4-6-12/h8H,3-5,7,13H2,1-2H3,(H,14,15,16). The van der Waals surface area contributed by atoms with Gasteiger partial charge in [-0.2, -0.15) is 5.26 Å². The van der Waals surface area contributed by atoms with Gasteiger partial charge in [-0.3, -0.25) is 0 Å². The van der Waals surface area contributed by atoms with E-state index in [2.05, 4.69) is 28.4 Å². The first-order chi connectivity index (χ1) is 8.21. The monoisotopic (exact) mass is 234 g/mol. The number of hydrazine groups is 1. The summed E-state index contributed by atoms with van der Waals surface area (Å²) in [4.78, 5) is 10.6.